The van der Waals surface area contributed by atoms with Crippen LogP contribution in [-0.2, 0) is 0 Å². The fraction of sp³-hybridized carbons (Fsp3) is 0.300. The van der Waals surface area contributed by atoms with Crippen molar-refractivity contribution in [2.24, 2.45) is 0 Å². The predicted octanol–water partition coefficient (Wildman–Crippen LogP) is 3.65. The first-order valence-electron chi connectivity index (χ1n) is 8.46. The Labute approximate surface area is 141 Å². The van der Waals surface area contributed by atoms with Crippen LogP contribution >= 0.6 is 0 Å². The highest BCUT2D eigenvalue weighted by Gasteiger charge is 2.19. The zero-order chi connectivity index (χ0) is 16.5. The lowest BCUT2D eigenvalue weighted by Crippen LogP contribution is -2.30. The molecule has 0 radical (unpaired) electrons. The third-order valence-electron chi connectivity index (χ3n) is 4.95. The van der Waals surface area contributed by atoms with E-state index in [4.69, 9.17) is 0 Å². The molecule has 1 aromatic heterocycles. The summed E-state index contributed by atoms with van der Waals surface area (Å²) >= 11 is 0. The Hall–Kier alpha value is -2.46. The van der Waals surface area contributed by atoms with Crippen molar-refractivity contribution in [2.75, 3.05) is 20.1 Å². The summed E-state index contributed by atoms with van der Waals surface area (Å²) in [6, 6.07) is 14.4. The molecule has 0 amide bonds. The Morgan fingerprint density at radius 1 is 1.21 bits per heavy atom. The molecule has 0 N–H and O–H groups in total. The van der Waals surface area contributed by atoms with Crippen molar-refractivity contribution in [3.8, 4) is 5.69 Å². The molecular formula is C20H21N3O. The topological polar surface area (TPSA) is 38.1 Å². The summed E-state index contributed by atoms with van der Waals surface area (Å²) in [4.78, 5) is 17.8. The third kappa shape index (κ3) is 2.74. The van der Waals surface area contributed by atoms with Gasteiger partial charge >= 0.3 is 0 Å². The molecule has 122 valence electrons. The summed E-state index contributed by atoms with van der Waals surface area (Å²) in [5, 5.41) is 0. The summed E-state index contributed by atoms with van der Waals surface area (Å²) in [7, 11) is 2.20. The number of aromatic nitrogens is 2. The van der Waals surface area contributed by atoms with Crippen LogP contribution in [0.15, 0.2) is 48.8 Å². The van der Waals surface area contributed by atoms with Gasteiger partial charge in [-0.05, 0) is 68.2 Å². The molecule has 1 aliphatic rings. The maximum absolute atomic E-state index is 10.9. The monoisotopic (exact) mass is 319 g/mol. The second kappa shape index (κ2) is 6.21. The Balaban J connectivity index is 1.72. The Morgan fingerprint density at radius 2 is 2.12 bits per heavy atom. The first-order valence-corrected chi connectivity index (χ1v) is 8.46. The van der Waals surface area contributed by atoms with Crippen molar-refractivity contribution in [1.82, 2.24) is 14.5 Å². The highest BCUT2D eigenvalue weighted by atomic mass is 16.1. The standard InChI is InChI=1S/C20H21N3O/c1-22-9-3-5-17(12-22)16-4-2-6-18(11-16)23-14-21-19-10-15(13-24)7-8-20(19)23/h2,4,6-8,10-11,13-14,17H,3,5,9,12H2,1H3. The van der Waals surface area contributed by atoms with Crippen LogP contribution in [0.25, 0.3) is 16.7 Å². The highest BCUT2D eigenvalue weighted by molar-refractivity contribution is 5.85. The average Bonchev–Trinajstić information content (AvgIpc) is 3.05. The number of imidazole rings is 1. The van der Waals surface area contributed by atoms with Gasteiger partial charge in [-0.3, -0.25) is 9.36 Å². The van der Waals surface area contributed by atoms with Crippen LogP contribution in [-0.4, -0.2) is 40.9 Å². The Kier molecular flexibility index (Phi) is 3.90. The quantitative estimate of drug-likeness (QED) is 0.692. The van der Waals surface area contributed by atoms with Gasteiger partial charge < -0.3 is 4.90 Å². The lowest BCUT2D eigenvalue weighted by atomic mass is 9.90. The zero-order valence-electron chi connectivity index (χ0n) is 13.9. The van der Waals surface area contributed by atoms with Crippen molar-refractivity contribution in [3.63, 3.8) is 0 Å². The van der Waals surface area contributed by atoms with Gasteiger partial charge in [0.25, 0.3) is 0 Å². The van der Waals surface area contributed by atoms with Crippen LogP contribution in [0, 0.1) is 0 Å². The molecule has 3 aromatic rings. The van der Waals surface area contributed by atoms with E-state index in [2.05, 4.69) is 45.8 Å². The summed E-state index contributed by atoms with van der Waals surface area (Å²) in [6.07, 6.45) is 5.21. The molecule has 0 spiro atoms. The van der Waals surface area contributed by atoms with Gasteiger partial charge in [-0.1, -0.05) is 12.1 Å². The number of nitrogens with zero attached hydrogens (tertiary/aromatic N) is 3. The summed E-state index contributed by atoms with van der Waals surface area (Å²) in [5.41, 5.74) is 5.06. The maximum Gasteiger partial charge on any atom is 0.150 e. The van der Waals surface area contributed by atoms with Crippen molar-refractivity contribution in [2.45, 2.75) is 18.8 Å². The minimum Gasteiger partial charge on any atom is -0.306 e. The smallest absolute Gasteiger partial charge is 0.150 e. The lowest BCUT2D eigenvalue weighted by molar-refractivity contribution is 0.112. The van der Waals surface area contributed by atoms with Gasteiger partial charge in [0, 0.05) is 17.8 Å². The molecule has 2 heterocycles. The van der Waals surface area contributed by atoms with E-state index in [1.165, 1.54) is 24.9 Å². The molecule has 4 nitrogen and oxygen atoms in total. The maximum atomic E-state index is 10.9. The van der Waals surface area contributed by atoms with Gasteiger partial charge in [0.05, 0.1) is 11.0 Å². The number of hydrogen-bond donors (Lipinski definition) is 0. The highest BCUT2D eigenvalue weighted by Crippen LogP contribution is 2.28. The molecule has 4 rings (SSSR count). The number of piperidine rings is 1. The second-order valence-electron chi connectivity index (χ2n) is 6.68. The van der Waals surface area contributed by atoms with Crippen LogP contribution in [0.4, 0.5) is 0 Å². The van der Waals surface area contributed by atoms with Crippen LogP contribution in [0.3, 0.4) is 0 Å². The van der Waals surface area contributed by atoms with Gasteiger partial charge in [0.2, 0.25) is 0 Å². The number of likely N-dealkylation sites (tertiary alicyclic amines) is 1. The van der Waals surface area contributed by atoms with E-state index >= 15 is 0 Å². The normalized spacial score (nSPS) is 18.8. The van der Waals surface area contributed by atoms with Gasteiger partial charge in [-0.25, -0.2) is 4.98 Å². The van der Waals surface area contributed by atoms with E-state index in [0.29, 0.717) is 11.5 Å². The van der Waals surface area contributed by atoms with Crippen molar-refractivity contribution < 1.29 is 4.79 Å². The molecule has 1 saturated heterocycles. The molecule has 0 aliphatic carbocycles. The number of carbonyl (C=O) groups excluding carboxylic acids is 1. The lowest BCUT2D eigenvalue weighted by Gasteiger charge is -2.30. The summed E-state index contributed by atoms with van der Waals surface area (Å²) in [6.45, 7) is 2.32. The molecule has 0 saturated carbocycles. The predicted molar refractivity (Wildman–Crippen MR) is 95.9 cm³/mol. The minimum absolute atomic E-state index is 0.597. The molecule has 24 heavy (non-hydrogen) atoms. The van der Waals surface area contributed by atoms with Crippen molar-refractivity contribution in [1.29, 1.82) is 0 Å². The van der Waals surface area contributed by atoms with Crippen molar-refractivity contribution in [3.05, 3.63) is 59.9 Å². The van der Waals surface area contributed by atoms with E-state index in [9.17, 15) is 4.79 Å². The molecule has 1 atom stereocenters. The number of carbonyl (C=O) groups is 1. The first kappa shape index (κ1) is 15.1. The third-order valence-corrected chi connectivity index (χ3v) is 4.95. The number of likely N-dealkylation sites (N-methyl/N-ethyl adjacent to an activating group) is 1. The number of rotatable bonds is 3. The summed E-state index contributed by atoms with van der Waals surface area (Å²) in [5.74, 6) is 0.597. The molecule has 1 unspecified atom stereocenters. The van der Waals surface area contributed by atoms with E-state index in [-0.39, 0.29) is 0 Å². The molecular weight excluding hydrogens is 298 g/mol. The Bertz CT molecular complexity index is 883. The SMILES string of the molecule is CN1CCCC(c2cccc(-n3cnc4cc(C=O)ccc43)c2)C1. The van der Waals surface area contributed by atoms with Gasteiger partial charge in [0.1, 0.15) is 12.6 Å². The van der Waals surface area contributed by atoms with Crippen LogP contribution in [0.2, 0.25) is 0 Å². The van der Waals surface area contributed by atoms with E-state index in [1.807, 2.05) is 24.5 Å². The molecule has 1 fully saturated rings. The van der Waals surface area contributed by atoms with Crippen LogP contribution < -0.4 is 0 Å². The average molecular weight is 319 g/mol. The molecule has 1 aliphatic heterocycles. The van der Waals surface area contributed by atoms with Crippen LogP contribution in [0.5, 0.6) is 0 Å². The van der Waals surface area contributed by atoms with E-state index < -0.39 is 0 Å². The van der Waals surface area contributed by atoms with E-state index in [0.717, 1.165) is 29.6 Å². The number of benzene rings is 2. The molecule has 2 aromatic carbocycles. The molecule has 0 bridgehead atoms. The van der Waals surface area contributed by atoms with Gasteiger partial charge in [-0.15, -0.1) is 0 Å². The number of hydrogen-bond acceptors (Lipinski definition) is 3. The fourth-order valence-electron chi connectivity index (χ4n) is 3.68. The number of aldehydes is 1. The van der Waals surface area contributed by atoms with Gasteiger partial charge in [-0.2, -0.15) is 0 Å². The minimum atomic E-state index is 0.597. The van der Waals surface area contributed by atoms with E-state index in [1.54, 1.807) is 0 Å². The van der Waals surface area contributed by atoms with Crippen molar-refractivity contribution >= 4 is 17.3 Å². The first-order chi connectivity index (χ1) is 11.7. The zero-order valence-corrected chi connectivity index (χ0v) is 13.9. The summed E-state index contributed by atoms with van der Waals surface area (Å²) < 4.78 is 2.10. The second-order valence-corrected chi connectivity index (χ2v) is 6.68. The Morgan fingerprint density at radius 3 is 2.96 bits per heavy atom. The molecule has 4 heteroatoms. The number of fused-ring (bicyclic) bond motifs is 1. The van der Waals surface area contributed by atoms with Gasteiger partial charge in [0.15, 0.2) is 0 Å². The van der Waals surface area contributed by atoms with Crippen LogP contribution in [0.1, 0.15) is 34.7 Å². The largest absolute Gasteiger partial charge is 0.306 e. The fourth-order valence-corrected chi connectivity index (χ4v) is 3.68.